The average Bonchev–Trinajstić information content (AvgIpc) is 3.23. The predicted octanol–water partition coefficient (Wildman–Crippen LogP) is 2.49. The van der Waals surface area contributed by atoms with Crippen LogP contribution >= 0.6 is 0 Å². The Kier molecular flexibility index (Phi) is 8.61. The molecule has 1 fully saturated rings. The Balaban J connectivity index is 1.92. The zero-order valence-corrected chi connectivity index (χ0v) is 22.1. The van der Waals surface area contributed by atoms with Crippen molar-refractivity contribution >= 4 is 29.3 Å². The predicted molar refractivity (Wildman–Crippen MR) is 128 cm³/mol. The summed E-state index contributed by atoms with van der Waals surface area (Å²) in [5.74, 6) is -7.54. The van der Waals surface area contributed by atoms with Crippen LogP contribution in [0.3, 0.4) is 0 Å². The van der Waals surface area contributed by atoms with E-state index in [0.717, 1.165) is 22.8 Å². The second kappa shape index (κ2) is 11.3. The Morgan fingerprint density at radius 2 is 1.93 bits per heavy atom. The number of fused-ring (bicyclic) bond motifs is 1. The molecule has 4 atom stereocenters. The number of nitriles is 1. The summed E-state index contributed by atoms with van der Waals surface area (Å²) in [6, 6.07) is -0.856. The van der Waals surface area contributed by atoms with Gasteiger partial charge in [-0.3, -0.25) is 19.2 Å². The second-order valence-electron chi connectivity index (χ2n) is 10.1. The molecule has 1 saturated heterocycles. The Morgan fingerprint density at radius 1 is 1.27 bits per heavy atom. The van der Waals surface area contributed by atoms with Crippen molar-refractivity contribution in [2.24, 2.45) is 5.92 Å². The van der Waals surface area contributed by atoms with Gasteiger partial charge < -0.3 is 25.2 Å². The van der Waals surface area contributed by atoms with Gasteiger partial charge in [-0.2, -0.15) is 18.4 Å². The summed E-state index contributed by atoms with van der Waals surface area (Å²) >= 11 is 0. The minimum absolute atomic E-state index is 0.0340. The summed E-state index contributed by atoms with van der Waals surface area (Å²) in [6.45, 7) is 5.37. The van der Waals surface area contributed by atoms with E-state index in [2.05, 4.69) is 5.32 Å². The van der Waals surface area contributed by atoms with Crippen LogP contribution in [-0.4, -0.2) is 76.4 Å². The van der Waals surface area contributed by atoms with Crippen molar-refractivity contribution in [3.05, 3.63) is 23.8 Å². The van der Waals surface area contributed by atoms with Gasteiger partial charge in [-0.1, -0.05) is 13.8 Å². The zero-order valence-electron chi connectivity index (χ0n) is 22.1. The lowest BCUT2D eigenvalue weighted by atomic mass is 9.97. The van der Waals surface area contributed by atoms with E-state index in [1.54, 1.807) is 19.2 Å². The number of ether oxygens (including phenoxy) is 1. The first-order chi connectivity index (χ1) is 18.5. The van der Waals surface area contributed by atoms with Gasteiger partial charge in [-0.15, -0.1) is 0 Å². The van der Waals surface area contributed by atoms with Gasteiger partial charge in [-0.05, 0) is 26.2 Å². The van der Waals surface area contributed by atoms with Gasteiger partial charge in [0.25, 0.3) is 5.91 Å². The van der Waals surface area contributed by atoms with Crippen LogP contribution in [0.4, 0.5) is 27.6 Å². The SMILES string of the molecule is CCN(C(=O)[C@H](C)NC(=O)C(F)(F)F)[C@@H](CC(C)C)C(=O)N1C[C@@]2(C[C@H]1C#N)Oc1cc(F)cc(F)c1NC2=O. The molecule has 40 heavy (non-hydrogen) atoms. The van der Waals surface area contributed by atoms with Crippen molar-refractivity contribution in [3.63, 3.8) is 0 Å². The number of hydrogen-bond acceptors (Lipinski definition) is 6. The van der Waals surface area contributed by atoms with Crippen LogP contribution in [-0.2, 0) is 19.2 Å². The highest BCUT2D eigenvalue weighted by Crippen LogP contribution is 2.42. The fourth-order valence-corrected chi connectivity index (χ4v) is 4.81. The number of alkyl halides is 3. The topological polar surface area (TPSA) is 132 Å². The largest absolute Gasteiger partial charge is 0.473 e. The number of likely N-dealkylation sites (tertiary alicyclic amines) is 1. The van der Waals surface area contributed by atoms with Crippen LogP contribution in [0.1, 0.15) is 40.5 Å². The summed E-state index contributed by atoms with van der Waals surface area (Å²) in [7, 11) is 0. The minimum Gasteiger partial charge on any atom is -0.473 e. The highest BCUT2D eigenvalue weighted by Gasteiger charge is 2.57. The number of likely N-dealkylation sites (N-methyl/N-ethyl adjacent to an activating group) is 1. The average molecular weight is 574 g/mol. The van der Waals surface area contributed by atoms with Crippen LogP contribution in [0.25, 0.3) is 0 Å². The first kappa shape index (κ1) is 30.6. The molecule has 0 bridgehead atoms. The molecule has 15 heteroatoms. The summed E-state index contributed by atoms with van der Waals surface area (Å²) in [5, 5.41) is 13.7. The van der Waals surface area contributed by atoms with Crippen LogP contribution in [0.2, 0.25) is 0 Å². The number of anilines is 1. The van der Waals surface area contributed by atoms with Crippen LogP contribution in [0, 0.1) is 28.9 Å². The standard InChI is InChI=1S/C25H28F5N5O5/c1-5-34(20(36)13(4)32-23(39)25(28,29)30)17(6-12(2)3)21(37)35-11-24(9-15(35)10-31)22(38)33-19-16(27)7-14(26)8-18(19)40-24/h7-8,12-13,15,17H,5-6,9,11H2,1-4H3,(H,32,39)(H,33,38)/t13-,15-,17-,24+/m0/s1. The van der Waals surface area contributed by atoms with E-state index >= 15 is 0 Å². The molecule has 1 aromatic carbocycles. The number of hydrogen-bond donors (Lipinski definition) is 2. The zero-order chi connectivity index (χ0) is 30.2. The summed E-state index contributed by atoms with van der Waals surface area (Å²) < 4.78 is 71.9. The molecule has 2 N–H and O–H groups in total. The third-order valence-corrected chi connectivity index (χ3v) is 6.69. The molecular formula is C25H28F5N5O5. The van der Waals surface area contributed by atoms with Crippen molar-refractivity contribution in [3.8, 4) is 11.8 Å². The lowest BCUT2D eigenvalue weighted by Gasteiger charge is -2.37. The van der Waals surface area contributed by atoms with Gasteiger partial charge in [0.1, 0.15) is 29.6 Å². The molecule has 1 spiro atoms. The molecule has 0 unspecified atom stereocenters. The van der Waals surface area contributed by atoms with Crippen LogP contribution in [0.5, 0.6) is 5.75 Å². The summed E-state index contributed by atoms with van der Waals surface area (Å²) in [6.07, 6.45) is -5.55. The normalized spacial score (nSPS) is 21.7. The maximum atomic E-state index is 14.2. The Labute approximate surface area is 226 Å². The van der Waals surface area contributed by atoms with E-state index in [9.17, 15) is 46.4 Å². The molecule has 0 aromatic heterocycles. The molecule has 2 aliphatic rings. The van der Waals surface area contributed by atoms with Gasteiger partial charge in [0, 0.05) is 25.1 Å². The van der Waals surface area contributed by atoms with Gasteiger partial charge >= 0.3 is 12.1 Å². The molecule has 218 valence electrons. The number of carbonyl (C=O) groups is 4. The monoisotopic (exact) mass is 573 g/mol. The molecule has 0 aliphatic carbocycles. The van der Waals surface area contributed by atoms with Crippen LogP contribution < -0.4 is 15.4 Å². The summed E-state index contributed by atoms with van der Waals surface area (Å²) in [4.78, 5) is 53.4. The fourth-order valence-electron chi connectivity index (χ4n) is 4.81. The second-order valence-corrected chi connectivity index (χ2v) is 10.1. The molecule has 1 aromatic rings. The van der Waals surface area contributed by atoms with Crippen molar-refractivity contribution in [1.29, 1.82) is 5.26 Å². The Morgan fingerprint density at radius 3 is 2.48 bits per heavy atom. The number of carbonyl (C=O) groups excluding carboxylic acids is 4. The number of amides is 4. The highest BCUT2D eigenvalue weighted by molar-refractivity contribution is 6.02. The van der Waals surface area contributed by atoms with Crippen LogP contribution in [0.15, 0.2) is 12.1 Å². The van der Waals surface area contributed by atoms with E-state index < -0.39 is 77.4 Å². The van der Waals surface area contributed by atoms with E-state index in [1.165, 1.54) is 6.92 Å². The Hall–Kier alpha value is -3.96. The first-order valence-electron chi connectivity index (χ1n) is 12.4. The lowest BCUT2D eigenvalue weighted by Crippen LogP contribution is -2.58. The molecular weight excluding hydrogens is 545 g/mol. The molecule has 3 rings (SSSR count). The van der Waals surface area contributed by atoms with E-state index in [4.69, 9.17) is 4.74 Å². The van der Waals surface area contributed by atoms with E-state index in [1.807, 2.05) is 6.07 Å². The molecule has 0 saturated carbocycles. The maximum absolute atomic E-state index is 14.2. The van der Waals surface area contributed by atoms with Gasteiger partial charge in [0.2, 0.25) is 17.4 Å². The third kappa shape index (κ3) is 5.95. The van der Waals surface area contributed by atoms with Crippen molar-refractivity contribution in [2.45, 2.75) is 70.4 Å². The minimum atomic E-state index is -5.23. The van der Waals surface area contributed by atoms with Crippen molar-refractivity contribution < 1.29 is 45.9 Å². The Bertz CT molecular complexity index is 1250. The van der Waals surface area contributed by atoms with Gasteiger partial charge in [-0.25, -0.2) is 8.78 Å². The third-order valence-electron chi connectivity index (χ3n) is 6.69. The van der Waals surface area contributed by atoms with Gasteiger partial charge in [0.05, 0.1) is 12.6 Å². The van der Waals surface area contributed by atoms with Gasteiger partial charge in [0.15, 0.2) is 11.6 Å². The highest BCUT2D eigenvalue weighted by atomic mass is 19.4. The fraction of sp³-hybridized carbons (Fsp3) is 0.560. The van der Waals surface area contributed by atoms with Crippen molar-refractivity contribution in [2.75, 3.05) is 18.4 Å². The molecule has 10 nitrogen and oxygen atoms in total. The number of benzene rings is 1. The number of nitrogens with zero attached hydrogens (tertiary/aromatic N) is 3. The summed E-state index contributed by atoms with van der Waals surface area (Å²) in [5.41, 5.74) is -2.27. The molecule has 4 amide bonds. The number of rotatable bonds is 7. The first-order valence-corrected chi connectivity index (χ1v) is 12.4. The van der Waals surface area contributed by atoms with E-state index in [0.29, 0.717) is 6.07 Å². The molecule has 2 aliphatic heterocycles. The van der Waals surface area contributed by atoms with Crippen molar-refractivity contribution in [1.82, 2.24) is 15.1 Å². The molecule has 0 radical (unpaired) electrons. The number of nitrogens with one attached hydrogen (secondary N) is 2. The lowest BCUT2D eigenvalue weighted by molar-refractivity contribution is -0.175. The maximum Gasteiger partial charge on any atom is 0.471 e. The molecule has 2 heterocycles. The number of halogens is 5. The smallest absolute Gasteiger partial charge is 0.471 e. The quantitative estimate of drug-likeness (QED) is 0.482. The van der Waals surface area contributed by atoms with E-state index in [-0.39, 0.29) is 31.1 Å².